The molecule has 1 aromatic heterocycles. The van der Waals surface area contributed by atoms with Crippen LogP contribution in [0.25, 0.3) is 0 Å². The molecule has 3 aromatic rings. The fourth-order valence-corrected chi connectivity index (χ4v) is 3.39. The molecule has 0 saturated carbocycles. The average Bonchev–Trinajstić information content (AvgIpc) is 3.08. The Morgan fingerprint density at radius 2 is 2.05 bits per heavy atom. The number of anilines is 1. The number of imidazole rings is 1. The number of aromatic nitrogens is 2. The molecule has 2 heterocycles. The van der Waals surface area contributed by atoms with E-state index in [-0.39, 0.29) is 12.1 Å². The van der Waals surface area contributed by atoms with Gasteiger partial charge in [-0.15, -0.1) is 0 Å². The maximum atomic E-state index is 6.16. The van der Waals surface area contributed by atoms with E-state index in [1.54, 1.807) is 0 Å². The Kier molecular flexibility index (Phi) is 3.35. The van der Waals surface area contributed by atoms with E-state index in [0.29, 0.717) is 0 Å². The van der Waals surface area contributed by atoms with Gasteiger partial charge in [0.2, 0.25) is 0 Å². The molecule has 1 N–H and O–H groups in total. The van der Waals surface area contributed by atoms with Gasteiger partial charge in [-0.3, -0.25) is 0 Å². The summed E-state index contributed by atoms with van der Waals surface area (Å²) >= 11 is 6.16. The lowest BCUT2D eigenvalue weighted by atomic mass is 9.89. The molecule has 0 fully saturated rings. The Morgan fingerprint density at radius 3 is 2.86 bits per heavy atom. The minimum atomic E-state index is 0.237. The Morgan fingerprint density at radius 1 is 1.14 bits per heavy atom. The first-order chi connectivity index (χ1) is 10.8. The highest BCUT2D eigenvalue weighted by Crippen LogP contribution is 2.41. The van der Waals surface area contributed by atoms with Gasteiger partial charge < -0.3 is 9.88 Å². The number of halogens is 1. The van der Waals surface area contributed by atoms with Crippen LogP contribution in [-0.4, -0.2) is 9.55 Å². The van der Waals surface area contributed by atoms with E-state index in [9.17, 15) is 0 Å². The Balaban J connectivity index is 1.76. The van der Waals surface area contributed by atoms with Crippen molar-refractivity contribution >= 4 is 17.3 Å². The number of benzene rings is 2. The van der Waals surface area contributed by atoms with Crippen molar-refractivity contribution in [2.75, 3.05) is 5.32 Å². The van der Waals surface area contributed by atoms with Gasteiger partial charge in [0.05, 0.1) is 18.4 Å². The largest absolute Gasteiger partial charge is 0.378 e. The third kappa shape index (κ3) is 2.38. The molecule has 2 atom stereocenters. The van der Waals surface area contributed by atoms with Crippen LogP contribution in [0.5, 0.6) is 0 Å². The lowest BCUT2D eigenvalue weighted by molar-refractivity contribution is 0.484. The van der Waals surface area contributed by atoms with Crippen molar-refractivity contribution in [2.24, 2.45) is 0 Å². The molecule has 0 spiro atoms. The number of hydrogen-bond donors (Lipinski definition) is 1. The summed E-state index contributed by atoms with van der Waals surface area (Å²) in [5.74, 6) is 0. The molecule has 0 amide bonds. The first-order valence-electron chi connectivity index (χ1n) is 7.39. The van der Waals surface area contributed by atoms with Gasteiger partial charge in [-0.1, -0.05) is 41.9 Å². The van der Waals surface area contributed by atoms with Crippen LogP contribution in [0.15, 0.2) is 67.3 Å². The van der Waals surface area contributed by atoms with Crippen molar-refractivity contribution in [3.8, 4) is 0 Å². The summed E-state index contributed by atoms with van der Waals surface area (Å²) in [6.07, 6.45) is 6.72. The van der Waals surface area contributed by atoms with Gasteiger partial charge in [-0.25, -0.2) is 4.98 Å². The van der Waals surface area contributed by atoms with E-state index in [4.69, 9.17) is 11.6 Å². The SMILES string of the molecule is Clc1cccc(C2CC(n3ccnc3)c3ccccc3N2)c1. The lowest BCUT2D eigenvalue weighted by Gasteiger charge is -2.34. The topological polar surface area (TPSA) is 29.9 Å². The van der Waals surface area contributed by atoms with Crippen LogP contribution < -0.4 is 5.32 Å². The summed E-state index contributed by atoms with van der Waals surface area (Å²) in [7, 11) is 0. The first-order valence-corrected chi connectivity index (χ1v) is 7.77. The third-order valence-corrected chi connectivity index (χ3v) is 4.48. The molecule has 22 heavy (non-hydrogen) atoms. The second-order valence-electron chi connectivity index (χ2n) is 5.60. The van der Waals surface area contributed by atoms with Crippen molar-refractivity contribution in [2.45, 2.75) is 18.5 Å². The molecule has 1 aliphatic heterocycles. The first kappa shape index (κ1) is 13.4. The molecule has 0 radical (unpaired) electrons. The smallest absolute Gasteiger partial charge is 0.0951 e. The molecule has 2 aromatic carbocycles. The zero-order valence-corrected chi connectivity index (χ0v) is 12.7. The fourth-order valence-electron chi connectivity index (χ4n) is 3.19. The van der Waals surface area contributed by atoms with Crippen molar-refractivity contribution in [3.05, 3.63) is 83.4 Å². The molecular formula is C18H16ClN3. The van der Waals surface area contributed by atoms with Crippen LogP contribution in [0.1, 0.15) is 29.6 Å². The molecule has 0 saturated heterocycles. The number of nitrogens with zero attached hydrogens (tertiary/aromatic N) is 2. The number of hydrogen-bond acceptors (Lipinski definition) is 2. The van der Waals surface area contributed by atoms with Crippen molar-refractivity contribution in [1.82, 2.24) is 9.55 Å². The van der Waals surface area contributed by atoms with E-state index in [0.717, 1.165) is 11.4 Å². The molecule has 0 aliphatic carbocycles. The summed E-state index contributed by atoms with van der Waals surface area (Å²) in [6.45, 7) is 0. The standard InChI is InChI=1S/C18H16ClN3/c19-14-5-3-4-13(10-14)17-11-18(22-9-8-20-12-22)15-6-1-2-7-16(15)21-17/h1-10,12,17-18,21H,11H2. The van der Waals surface area contributed by atoms with E-state index in [2.05, 4.69) is 45.2 Å². The molecule has 3 nitrogen and oxygen atoms in total. The van der Waals surface area contributed by atoms with Crippen LogP contribution in [0.4, 0.5) is 5.69 Å². The van der Waals surface area contributed by atoms with Crippen molar-refractivity contribution in [3.63, 3.8) is 0 Å². The second-order valence-corrected chi connectivity index (χ2v) is 6.04. The van der Waals surface area contributed by atoms with Gasteiger partial charge in [0, 0.05) is 23.1 Å². The minimum absolute atomic E-state index is 0.237. The van der Waals surface area contributed by atoms with E-state index < -0.39 is 0 Å². The van der Waals surface area contributed by atoms with Crippen LogP contribution in [0.3, 0.4) is 0 Å². The summed E-state index contributed by atoms with van der Waals surface area (Å²) in [6, 6.07) is 17.1. The molecule has 110 valence electrons. The summed E-state index contributed by atoms with van der Waals surface area (Å²) in [4.78, 5) is 4.20. The van der Waals surface area contributed by atoms with Crippen LogP contribution in [0, 0.1) is 0 Å². The highest BCUT2D eigenvalue weighted by Gasteiger charge is 2.28. The van der Waals surface area contributed by atoms with Gasteiger partial charge in [-0.2, -0.15) is 0 Å². The Bertz CT molecular complexity index is 783. The van der Waals surface area contributed by atoms with Gasteiger partial charge in [0.15, 0.2) is 0 Å². The van der Waals surface area contributed by atoms with Crippen LogP contribution in [0.2, 0.25) is 5.02 Å². The summed E-state index contributed by atoms with van der Waals surface area (Å²) < 4.78 is 2.18. The average molecular weight is 310 g/mol. The highest BCUT2D eigenvalue weighted by atomic mass is 35.5. The van der Waals surface area contributed by atoms with Crippen molar-refractivity contribution in [1.29, 1.82) is 0 Å². The van der Waals surface area contributed by atoms with E-state index >= 15 is 0 Å². The fraction of sp³-hybridized carbons (Fsp3) is 0.167. The zero-order chi connectivity index (χ0) is 14.9. The van der Waals surface area contributed by atoms with Crippen LogP contribution in [-0.2, 0) is 0 Å². The number of rotatable bonds is 2. The van der Waals surface area contributed by atoms with Gasteiger partial charge in [0.1, 0.15) is 0 Å². The molecule has 0 bridgehead atoms. The highest BCUT2D eigenvalue weighted by molar-refractivity contribution is 6.30. The van der Waals surface area contributed by atoms with Gasteiger partial charge >= 0.3 is 0 Å². The van der Waals surface area contributed by atoms with Crippen LogP contribution >= 0.6 is 11.6 Å². The quantitative estimate of drug-likeness (QED) is 0.744. The number of para-hydroxylation sites is 1. The van der Waals surface area contributed by atoms with E-state index in [1.807, 2.05) is 36.9 Å². The van der Waals surface area contributed by atoms with E-state index in [1.165, 1.54) is 16.8 Å². The number of fused-ring (bicyclic) bond motifs is 1. The van der Waals surface area contributed by atoms with Gasteiger partial charge in [0.25, 0.3) is 0 Å². The molecule has 1 aliphatic rings. The Labute approximate surface area is 134 Å². The molecule has 2 unspecified atom stereocenters. The maximum Gasteiger partial charge on any atom is 0.0951 e. The molecule has 4 heteroatoms. The minimum Gasteiger partial charge on any atom is -0.378 e. The van der Waals surface area contributed by atoms with Gasteiger partial charge in [-0.05, 0) is 35.7 Å². The third-order valence-electron chi connectivity index (χ3n) is 4.24. The Hall–Kier alpha value is -2.26. The monoisotopic (exact) mass is 309 g/mol. The molecular weight excluding hydrogens is 294 g/mol. The zero-order valence-electron chi connectivity index (χ0n) is 12.0. The number of nitrogens with one attached hydrogen (secondary N) is 1. The maximum absolute atomic E-state index is 6.16. The van der Waals surface area contributed by atoms with Crippen molar-refractivity contribution < 1.29 is 0 Å². The molecule has 4 rings (SSSR count). The normalized spacial score (nSPS) is 20.2. The lowest BCUT2D eigenvalue weighted by Crippen LogP contribution is -2.25. The summed E-state index contributed by atoms with van der Waals surface area (Å²) in [5, 5.41) is 4.42. The second kappa shape index (κ2) is 5.50. The predicted octanol–water partition coefficient (Wildman–Crippen LogP) is 4.68. The predicted molar refractivity (Wildman–Crippen MR) is 89.2 cm³/mol. The summed E-state index contributed by atoms with van der Waals surface area (Å²) in [5.41, 5.74) is 3.70.